The second-order valence-corrected chi connectivity index (χ2v) is 17.3. The van der Waals surface area contributed by atoms with Gasteiger partial charge in [-0.1, -0.05) is 175 Å². The molecule has 0 fully saturated rings. The number of anilines is 3. The first kappa shape index (κ1) is 32.9. The Balaban J connectivity index is 1.24. The Bertz CT molecular complexity index is 2520. The molecule has 7 aromatic carbocycles. The van der Waals surface area contributed by atoms with Gasteiger partial charge in [-0.3, -0.25) is 0 Å². The number of fused-ring (bicyclic) bond motifs is 1. The minimum Gasteiger partial charge on any atom is -0.310 e. The lowest BCUT2D eigenvalue weighted by Gasteiger charge is -2.45. The van der Waals surface area contributed by atoms with Crippen molar-refractivity contribution < 1.29 is 0 Å². The lowest BCUT2D eigenvalue weighted by Crippen LogP contribution is -2.42. The SMILES string of the molecule is CC1(C)c2ccc(-c3ccc(N(c4ccccc4)c4ccc(-c5ccccc5)cc4)c4c3C3c5ccccc5C4c4ccccc43)cc2C(C)(C)C1(C)C. The van der Waals surface area contributed by atoms with Gasteiger partial charge in [-0.25, -0.2) is 0 Å². The maximum atomic E-state index is 2.55. The van der Waals surface area contributed by atoms with Gasteiger partial charge in [0.2, 0.25) is 0 Å². The van der Waals surface area contributed by atoms with Crippen molar-refractivity contribution in [1.29, 1.82) is 0 Å². The second-order valence-electron chi connectivity index (χ2n) is 17.3. The lowest BCUT2D eigenvalue weighted by atomic mass is 9.59. The van der Waals surface area contributed by atoms with Crippen molar-refractivity contribution in [2.75, 3.05) is 4.90 Å². The average molecular weight is 698 g/mol. The fraction of sp³-hybridized carbons (Fsp3) is 0.208. The highest BCUT2D eigenvalue weighted by Gasteiger charge is 2.57. The van der Waals surface area contributed by atoms with Crippen LogP contribution in [0.1, 0.15) is 97.9 Å². The molecular formula is C53H47N. The number of hydrogen-bond acceptors (Lipinski definition) is 1. The van der Waals surface area contributed by atoms with E-state index in [-0.39, 0.29) is 28.1 Å². The summed E-state index contributed by atoms with van der Waals surface area (Å²) in [7, 11) is 0. The third kappa shape index (κ3) is 4.45. The summed E-state index contributed by atoms with van der Waals surface area (Å²) in [5.74, 6) is 0.255. The molecule has 0 aromatic heterocycles. The molecule has 0 saturated carbocycles. The van der Waals surface area contributed by atoms with E-state index in [0.717, 1.165) is 11.4 Å². The Morgan fingerprint density at radius 1 is 0.389 bits per heavy atom. The van der Waals surface area contributed by atoms with E-state index in [0.29, 0.717) is 0 Å². The van der Waals surface area contributed by atoms with E-state index in [4.69, 9.17) is 0 Å². The van der Waals surface area contributed by atoms with E-state index in [1.165, 1.54) is 72.4 Å². The van der Waals surface area contributed by atoms with Crippen molar-refractivity contribution in [2.24, 2.45) is 5.41 Å². The molecule has 0 spiro atoms. The number of benzene rings is 7. The summed E-state index contributed by atoms with van der Waals surface area (Å²) in [6.07, 6.45) is 0. The van der Waals surface area contributed by atoms with E-state index >= 15 is 0 Å². The van der Waals surface area contributed by atoms with Gasteiger partial charge in [0.05, 0.1) is 5.69 Å². The monoisotopic (exact) mass is 697 g/mol. The van der Waals surface area contributed by atoms with Gasteiger partial charge in [-0.05, 0) is 113 Å². The average Bonchev–Trinajstić information content (AvgIpc) is 3.31. The molecule has 11 rings (SSSR count). The van der Waals surface area contributed by atoms with Crippen molar-refractivity contribution in [1.82, 2.24) is 0 Å². The normalized spacial score (nSPS) is 19.0. The summed E-state index contributed by atoms with van der Waals surface area (Å²) in [6.45, 7) is 14.7. The number of nitrogens with zero attached hydrogens (tertiary/aromatic N) is 1. The Morgan fingerprint density at radius 2 is 0.852 bits per heavy atom. The standard InChI is InChI=1S/C53H47N/c1-51(2)44-31-27-36(33-45(44)52(3,4)53(51,5)6)39-30-32-46(50-48-42-23-15-13-21-40(42)47(49(39)50)41-22-14-16-24-43(41)48)54(37-19-11-8-12-20-37)38-28-25-35(26-29-38)34-17-9-7-10-18-34/h7-33,47-48H,1-6H3. The van der Waals surface area contributed by atoms with E-state index in [9.17, 15) is 0 Å². The van der Waals surface area contributed by atoms with Crippen molar-refractivity contribution >= 4 is 17.1 Å². The number of hydrogen-bond donors (Lipinski definition) is 0. The van der Waals surface area contributed by atoms with Gasteiger partial charge in [0.15, 0.2) is 0 Å². The van der Waals surface area contributed by atoms with Crippen LogP contribution in [0, 0.1) is 5.41 Å². The summed E-state index contributed by atoms with van der Waals surface area (Å²) < 4.78 is 0. The molecule has 2 bridgehead atoms. The Hall–Kier alpha value is -5.66. The van der Waals surface area contributed by atoms with Crippen LogP contribution in [0.2, 0.25) is 0 Å². The summed E-state index contributed by atoms with van der Waals surface area (Å²) in [5.41, 5.74) is 20.4. The summed E-state index contributed by atoms with van der Waals surface area (Å²) in [5, 5.41) is 0. The Morgan fingerprint density at radius 3 is 1.44 bits per heavy atom. The minimum absolute atomic E-state index is 0.0239. The maximum Gasteiger partial charge on any atom is 0.0506 e. The van der Waals surface area contributed by atoms with Crippen LogP contribution >= 0.6 is 0 Å². The zero-order valence-corrected chi connectivity index (χ0v) is 32.2. The fourth-order valence-electron chi connectivity index (χ4n) is 10.4. The highest BCUT2D eigenvalue weighted by molar-refractivity contribution is 5.89. The topological polar surface area (TPSA) is 3.24 Å². The molecule has 264 valence electrons. The van der Waals surface area contributed by atoms with Crippen molar-refractivity contribution in [3.05, 3.63) is 208 Å². The number of rotatable bonds is 5. The van der Waals surface area contributed by atoms with Crippen LogP contribution < -0.4 is 4.90 Å². The van der Waals surface area contributed by atoms with E-state index < -0.39 is 0 Å². The molecule has 54 heavy (non-hydrogen) atoms. The summed E-state index contributed by atoms with van der Waals surface area (Å²) >= 11 is 0. The van der Waals surface area contributed by atoms with Crippen LogP contribution in [0.3, 0.4) is 0 Å². The van der Waals surface area contributed by atoms with Crippen LogP contribution in [0.4, 0.5) is 17.1 Å². The molecule has 0 aliphatic heterocycles. The molecule has 1 nitrogen and oxygen atoms in total. The van der Waals surface area contributed by atoms with E-state index in [1.807, 2.05) is 0 Å². The van der Waals surface area contributed by atoms with Crippen molar-refractivity contribution in [3.8, 4) is 22.3 Å². The molecule has 0 radical (unpaired) electrons. The molecule has 0 unspecified atom stereocenters. The van der Waals surface area contributed by atoms with Gasteiger partial charge in [-0.2, -0.15) is 0 Å². The molecular weight excluding hydrogens is 651 g/mol. The zero-order valence-electron chi connectivity index (χ0n) is 32.2. The third-order valence-corrected chi connectivity index (χ3v) is 14.4. The van der Waals surface area contributed by atoms with E-state index in [2.05, 4.69) is 210 Å². The molecule has 0 heterocycles. The van der Waals surface area contributed by atoms with Crippen molar-refractivity contribution in [3.63, 3.8) is 0 Å². The summed E-state index contributed by atoms with van der Waals surface area (Å²) in [6, 6.07) is 61.5. The molecule has 0 amide bonds. The van der Waals surface area contributed by atoms with Gasteiger partial charge in [0.1, 0.15) is 0 Å². The van der Waals surface area contributed by atoms with Crippen LogP contribution in [0.15, 0.2) is 164 Å². The quantitative estimate of drug-likeness (QED) is 0.173. The second kappa shape index (κ2) is 11.7. The van der Waals surface area contributed by atoms with Crippen LogP contribution in [0.25, 0.3) is 22.3 Å². The largest absolute Gasteiger partial charge is 0.310 e. The van der Waals surface area contributed by atoms with Gasteiger partial charge < -0.3 is 4.90 Å². The smallest absolute Gasteiger partial charge is 0.0506 e. The van der Waals surface area contributed by atoms with Gasteiger partial charge in [-0.15, -0.1) is 0 Å². The highest BCUT2D eigenvalue weighted by Crippen LogP contribution is 2.64. The predicted octanol–water partition coefficient (Wildman–Crippen LogP) is 14.1. The van der Waals surface area contributed by atoms with Crippen LogP contribution in [0.5, 0.6) is 0 Å². The first-order valence-corrected chi connectivity index (χ1v) is 19.6. The summed E-state index contributed by atoms with van der Waals surface area (Å²) in [4.78, 5) is 2.50. The molecule has 1 heteroatoms. The minimum atomic E-state index is 0.0239. The fourth-order valence-corrected chi connectivity index (χ4v) is 10.4. The number of para-hydroxylation sites is 1. The third-order valence-electron chi connectivity index (χ3n) is 14.4. The first-order chi connectivity index (χ1) is 26.1. The van der Waals surface area contributed by atoms with E-state index in [1.54, 1.807) is 0 Å². The first-order valence-electron chi connectivity index (χ1n) is 19.6. The lowest BCUT2D eigenvalue weighted by molar-refractivity contribution is 0.125. The Kier molecular flexibility index (Phi) is 7.12. The molecule has 0 N–H and O–H groups in total. The van der Waals surface area contributed by atoms with Crippen LogP contribution in [-0.2, 0) is 10.8 Å². The molecule has 0 atom stereocenters. The maximum absolute atomic E-state index is 2.55. The molecule has 0 saturated heterocycles. The predicted molar refractivity (Wildman–Crippen MR) is 227 cm³/mol. The Labute approximate surface area is 321 Å². The molecule has 7 aromatic rings. The van der Waals surface area contributed by atoms with Crippen molar-refractivity contribution in [2.45, 2.75) is 64.2 Å². The zero-order chi connectivity index (χ0) is 37.0. The molecule has 4 aliphatic rings. The van der Waals surface area contributed by atoms with Gasteiger partial charge in [0, 0.05) is 23.2 Å². The van der Waals surface area contributed by atoms with Crippen LogP contribution in [-0.4, -0.2) is 0 Å². The highest BCUT2D eigenvalue weighted by atomic mass is 15.1. The molecule has 4 aliphatic carbocycles. The van der Waals surface area contributed by atoms with Gasteiger partial charge >= 0.3 is 0 Å². The van der Waals surface area contributed by atoms with Gasteiger partial charge in [0.25, 0.3) is 0 Å².